The molecule has 1 aromatic carbocycles. The molecule has 2 aromatic heterocycles. The zero-order chi connectivity index (χ0) is 12.4. The maximum Gasteiger partial charge on any atom is 0.164 e. The van der Waals surface area contributed by atoms with Crippen LogP contribution in [0.5, 0.6) is 0 Å². The lowest BCUT2D eigenvalue weighted by Gasteiger charge is -1.99. The first-order valence-electron chi connectivity index (χ1n) is 5.42. The number of benzene rings is 1. The molecule has 0 atom stereocenters. The van der Waals surface area contributed by atoms with Crippen molar-refractivity contribution in [1.82, 2.24) is 19.7 Å². The lowest BCUT2D eigenvalue weighted by atomic mass is 10.3. The molecule has 0 amide bonds. The van der Waals surface area contributed by atoms with Crippen molar-refractivity contribution >= 4 is 11.6 Å². The number of hydrogen-bond acceptors (Lipinski definition) is 3. The lowest BCUT2D eigenvalue weighted by molar-refractivity contribution is 0.880. The van der Waals surface area contributed by atoms with Crippen LogP contribution in [0, 0.1) is 0 Å². The highest BCUT2D eigenvalue weighted by atomic mass is 35.5. The van der Waals surface area contributed by atoms with Crippen molar-refractivity contribution in [3.63, 3.8) is 0 Å². The molecular formula is C13H9ClN4. The van der Waals surface area contributed by atoms with Gasteiger partial charge in [-0.25, -0.2) is 14.6 Å². The van der Waals surface area contributed by atoms with E-state index in [1.54, 1.807) is 23.1 Å². The second-order valence-corrected chi connectivity index (χ2v) is 4.10. The molecule has 4 nitrogen and oxygen atoms in total. The van der Waals surface area contributed by atoms with Gasteiger partial charge in [0, 0.05) is 12.4 Å². The number of rotatable bonds is 2. The zero-order valence-electron chi connectivity index (χ0n) is 9.36. The van der Waals surface area contributed by atoms with Crippen LogP contribution in [0.2, 0.25) is 5.15 Å². The third kappa shape index (κ3) is 2.10. The van der Waals surface area contributed by atoms with Gasteiger partial charge < -0.3 is 0 Å². The second kappa shape index (κ2) is 4.58. The van der Waals surface area contributed by atoms with Crippen LogP contribution in [0.15, 0.2) is 55.0 Å². The fraction of sp³-hybridized carbons (Fsp3) is 0. The molecule has 0 aliphatic heterocycles. The number of nitrogens with zero attached hydrogens (tertiary/aromatic N) is 4. The molecule has 0 aliphatic carbocycles. The normalized spacial score (nSPS) is 10.5. The second-order valence-electron chi connectivity index (χ2n) is 3.71. The molecule has 3 rings (SSSR count). The first-order valence-corrected chi connectivity index (χ1v) is 5.80. The molecule has 0 spiro atoms. The van der Waals surface area contributed by atoms with E-state index in [1.165, 1.54) is 0 Å². The zero-order valence-corrected chi connectivity index (χ0v) is 10.1. The average molecular weight is 257 g/mol. The molecule has 3 aromatic rings. The van der Waals surface area contributed by atoms with Gasteiger partial charge in [0.2, 0.25) is 0 Å². The largest absolute Gasteiger partial charge is 0.240 e. The summed E-state index contributed by atoms with van der Waals surface area (Å²) in [6, 6.07) is 11.5. The van der Waals surface area contributed by atoms with Crippen molar-refractivity contribution in [2.24, 2.45) is 0 Å². The Labute approximate surface area is 109 Å². The smallest absolute Gasteiger partial charge is 0.164 e. The van der Waals surface area contributed by atoms with Gasteiger partial charge in [0.05, 0.1) is 17.4 Å². The van der Waals surface area contributed by atoms with Crippen molar-refractivity contribution in [3.8, 4) is 17.1 Å². The summed E-state index contributed by atoms with van der Waals surface area (Å²) in [5.41, 5.74) is 1.83. The summed E-state index contributed by atoms with van der Waals surface area (Å²) in [5, 5.41) is 4.71. The van der Waals surface area contributed by atoms with Gasteiger partial charge in [-0.05, 0) is 18.2 Å². The molecule has 88 valence electrons. The molecule has 0 aliphatic rings. The van der Waals surface area contributed by atoms with Crippen molar-refractivity contribution in [1.29, 1.82) is 0 Å². The molecule has 2 heterocycles. The van der Waals surface area contributed by atoms with E-state index >= 15 is 0 Å². The molecule has 0 radical (unpaired) electrons. The summed E-state index contributed by atoms with van der Waals surface area (Å²) in [6.07, 6.45) is 5.23. The van der Waals surface area contributed by atoms with Crippen LogP contribution in [0.1, 0.15) is 0 Å². The van der Waals surface area contributed by atoms with E-state index in [0.717, 1.165) is 11.3 Å². The van der Waals surface area contributed by atoms with Gasteiger partial charge in [-0.2, -0.15) is 5.10 Å². The van der Waals surface area contributed by atoms with Gasteiger partial charge in [0.1, 0.15) is 5.15 Å². The molecule has 18 heavy (non-hydrogen) atoms. The lowest BCUT2D eigenvalue weighted by Crippen LogP contribution is -1.92. The summed E-state index contributed by atoms with van der Waals surface area (Å²) in [6.45, 7) is 0. The fourth-order valence-electron chi connectivity index (χ4n) is 1.64. The van der Waals surface area contributed by atoms with Gasteiger partial charge in [-0.1, -0.05) is 29.8 Å². The third-order valence-corrected chi connectivity index (χ3v) is 2.69. The van der Waals surface area contributed by atoms with E-state index in [0.29, 0.717) is 11.0 Å². The first kappa shape index (κ1) is 10.9. The van der Waals surface area contributed by atoms with Gasteiger partial charge in [-0.3, -0.25) is 0 Å². The minimum absolute atomic E-state index is 0.424. The number of para-hydroxylation sites is 1. The van der Waals surface area contributed by atoms with E-state index in [1.807, 2.05) is 36.5 Å². The Morgan fingerprint density at radius 3 is 2.67 bits per heavy atom. The number of halogens is 1. The van der Waals surface area contributed by atoms with Gasteiger partial charge in [0.15, 0.2) is 5.82 Å². The highest BCUT2D eigenvalue weighted by molar-refractivity contribution is 6.29. The predicted octanol–water partition coefficient (Wildman–Crippen LogP) is 2.98. The highest BCUT2D eigenvalue weighted by Crippen LogP contribution is 2.17. The van der Waals surface area contributed by atoms with Crippen molar-refractivity contribution in [2.75, 3.05) is 0 Å². The van der Waals surface area contributed by atoms with E-state index in [-0.39, 0.29) is 0 Å². The standard InChI is InChI=1S/C13H9ClN4/c14-12-6-7-15-13(17-12)10-8-16-18(9-10)11-4-2-1-3-5-11/h1-9H. The Kier molecular flexibility index (Phi) is 2.78. The molecule has 0 unspecified atom stereocenters. The van der Waals surface area contributed by atoms with Crippen LogP contribution in [0.25, 0.3) is 17.1 Å². The fourth-order valence-corrected chi connectivity index (χ4v) is 1.77. The summed E-state index contributed by atoms with van der Waals surface area (Å²) in [5.74, 6) is 0.574. The van der Waals surface area contributed by atoms with Crippen LogP contribution in [0.3, 0.4) is 0 Å². The average Bonchev–Trinajstić information content (AvgIpc) is 2.89. The molecule has 0 saturated carbocycles. The van der Waals surface area contributed by atoms with E-state index in [9.17, 15) is 0 Å². The minimum atomic E-state index is 0.424. The Morgan fingerprint density at radius 1 is 1.06 bits per heavy atom. The van der Waals surface area contributed by atoms with E-state index in [4.69, 9.17) is 11.6 Å². The maximum atomic E-state index is 5.84. The van der Waals surface area contributed by atoms with Crippen LogP contribution < -0.4 is 0 Å². The first-order chi connectivity index (χ1) is 8.83. The molecular weight excluding hydrogens is 248 g/mol. The van der Waals surface area contributed by atoms with E-state index < -0.39 is 0 Å². The van der Waals surface area contributed by atoms with Crippen molar-refractivity contribution in [3.05, 3.63) is 60.1 Å². The van der Waals surface area contributed by atoms with Gasteiger partial charge in [0.25, 0.3) is 0 Å². The summed E-state index contributed by atoms with van der Waals surface area (Å²) < 4.78 is 1.78. The van der Waals surface area contributed by atoms with Crippen LogP contribution >= 0.6 is 11.6 Å². The molecule has 0 fully saturated rings. The Bertz CT molecular complexity index is 664. The maximum absolute atomic E-state index is 5.84. The Hall–Kier alpha value is -2.20. The molecule has 0 saturated heterocycles. The van der Waals surface area contributed by atoms with Crippen molar-refractivity contribution < 1.29 is 0 Å². The van der Waals surface area contributed by atoms with Crippen LogP contribution in [-0.4, -0.2) is 19.7 Å². The van der Waals surface area contributed by atoms with E-state index in [2.05, 4.69) is 15.1 Å². The summed E-state index contributed by atoms with van der Waals surface area (Å²) in [4.78, 5) is 8.32. The van der Waals surface area contributed by atoms with Gasteiger partial charge in [-0.15, -0.1) is 0 Å². The minimum Gasteiger partial charge on any atom is -0.240 e. The molecule has 5 heteroatoms. The quantitative estimate of drug-likeness (QED) is 0.662. The SMILES string of the molecule is Clc1ccnc(-c2cnn(-c3ccccc3)c2)n1. The highest BCUT2D eigenvalue weighted by Gasteiger charge is 2.06. The molecule has 0 N–H and O–H groups in total. The van der Waals surface area contributed by atoms with Crippen molar-refractivity contribution in [2.45, 2.75) is 0 Å². The number of hydrogen-bond donors (Lipinski definition) is 0. The summed E-state index contributed by atoms with van der Waals surface area (Å²) in [7, 11) is 0. The monoisotopic (exact) mass is 256 g/mol. The van der Waals surface area contributed by atoms with Gasteiger partial charge >= 0.3 is 0 Å². The predicted molar refractivity (Wildman–Crippen MR) is 69.6 cm³/mol. The Balaban J connectivity index is 2.00. The molecule has 0 bridgehead atoms. The number of aromatic nitrogens is 4. The third-order valence-electron chi connectivity index (χ3n) is 2.48. The van der Waals surface area contributed by atoms with Crippen LogP contribution in [0.4, 0.5) is 0 Å². The Morgan fingerprint density at radius 2 is 1.89 bits per heavy atom. The topological polar surface area (TPSA) is 43.6 Å². The summed E-state index contributed by atoms with van der Waals surface area (Å²) >= 11 is 5.84. The van der Waals surface area contributed by atoms with Crippen LogP contribution in [-0.2, 0) is 0 Å².